The van der Waals surface area contributed by atoms with E-state index in [0.717, 1.165) is 18.4 Å². The Morgan fingerprint density at radius 2 is 1.88 bits per heavy atom. The number of rotatable bonds is 14. The Kier molecular flexibility index (Phi) is 12.0. The Morgan fingerprint density at radius 3 is 2.45 bits per heavy atom. The number of unbranched alkanes of at least 4 members (excludes halogenated alkanes) is 1. The Balaban J connectivity index is 2.44. The van der Waals surface area contributed by atoms with E-state index in [1.807, 2.05) is 51.2 Å². The first kappa shape index (κ1) is 29.0. The van der Waals surface area contributed by atoms with Gasteiger partial charge in [-0.1, -0.05) is 57.6 Å². The van der Waals surface area contributed by atoms with Crippen molar-refractivity contribution in [1.29, 1.82) is 0 Å². The minimum absolute atomic E-state index is 0.103. The molecule has 0 spiro atoms. The van der Waals surface area contributed by atoms with Crippen LogP contribution in [-0.2, 0) is 14.3 Å². The van der Waals surface area contributed by atoms with Crippen molar-refractivity contribution in [2.24, 2.45) is 11.8 Å². The molecule has 3 N–H and O–H groups in total. The Hall–Kier alpha value is -2.02. The number of carbonyl (C=O) groups is 2. The lowest BCUT2D eigenvalue weighted by Gasteiger charge is -2.18. The van der Waals surface area contributed by atoms with Gasteiger partial charge in [0.05, 0.1) is 12.2 Å². The molecule has 6 nitrogen and oxygen atoms in total. The predicted octanol–water partition coefficient (Wildman–Crippen LogP) is 4.55. The summed E-state index contributed by atoms with van der Waals surface area (Å²) in [4.78, 5) is 23.9. The standard InChI is InChI=1S/C27H42O6/c1-7-8-15-23(29)19(3)16-20(4)25(30)18(2)13-11-9-10-12-14-22(28)17-24-21(5)26(31)27(6,32)33-24/h9-11,13,16,18-19,22,25,28,30,32H,7-8,12,14-15,17H2,1-6H3/b10-9+,13-11+,20-16+/t18-,19-,22-,25-,27?/m1/s1. The Morgan fingerprint density at radius 1 is 1.21 bits per heavy atom. The quantitative estimate of drug-likeness (QED) is 0.258. The summed E-state index contributed by atoms with van der Waals surface area (Å²) in [6, 6.07) is 0. The zero-order chi connectivity index (χ0) is 25.2. The van der Waals surface area contributed by atoms with Crippen LogP contribution in [0.25, 0.3) is 0 Å². The zero-order valence-electron chi connectivity index (χ0n) is 21.0. The summed E-state index contributed by atoms with van der Waals surface area (Å²) >= 11 is 0. The number of allylic oxidation sites excluding steroid dienone is 4. The van der Waals surface area contributed by atoms with Crippen LogP contribution in [0.2, 0.25) is 0 Å². The second kappa shape index (κ2) is 13.6. The fraction of sp³-hybridized carbons (Fsp3) is 0.630. The fourth-order valence-corrected chi connectivity index (χ4v) is 3.74. The summed E-state index contributed by atoms with van der Waals surface area (Å²) in [5.41, 5.74) is 1.15. The maximum absolute atomic E-state index is 12.1. The molecule has 0 aromatic carbocycles. The van der Waals surface area contributed by atoms with Gasteiger partial charge in [0.15, 0.2) is 0 Å². The van der Waals surface area contributed by atoms with E-state index >= 15 is 0 Å². The van der Waals surface area contributed by atoms with Gasteiger partial charge in [-0.15, -0.1) is 0 Å². The molecule has 6 heteroatoms. The van der Waals surface area contributed by atoms with Crippen molar-refractivity contribution in [3.63, 3.8) is 0 Å². The minimum atomic E-state index is -1.83. The number of ether oxygens (including phenoxy) is 1. The molecule has 1 rings (SSSR count). The molecule has 5 atom stereocenters. The molecule has 33 heavy (non-hydrogen) atoms. The van der Waals surface area contributed by atoms with Crippen LogP contribution in [0.3, 0.4) is 0 Å². The van der Waals surface area contributed by atoms with Gasteiger partial charge in [-0.05, 0) is 38.7 Å². The van der Waals surface area contributed by atoms with Crippen molar-refractivity contribution in [2.75, 3.05) is 0 Å². The van der Waals surface area contributed by atoms with Gasteiger partial charge < -0.3 is 20.1 Å². The Labute approximate surface area is 198 Å². The first-order valence-corrected chi connectivity index (χ1v) is 12.0. The molecule has 0 amide bonds. The second-order valence-corrected chi connectivity index (χ2v) is 9.28. The highest BCUT2D eigenvalue weighted by Gasteiger charge is 2.42. The molecule has 0 radical (unpaired) electrons. The number of hydrogen-bond acceptors (Lipinski definition) is 6. The lowest BCUT2D eigenvalue weighted by molar-refractivity contribution is -0.171. The van der Waals surface area contributed by atoms with Gasteiger partial charge in [-0.2, -0.15) is 0 Å². The molecule has 0 aliphatic carbocycles. The molecular formula is C27H42O6. The second-order valence-electron chi connectivity index (χ2n) is 9.28. The molecule has 1 aliphatic rings. The predicted molar refractivity (Wildman–Crippen MR) is 130 cm³/mol. The van der Waals surface area contributed by atoms with Crippen LogP contribution in [0, 0.1) is 11.8 Å². The van der Waals surface area contributed by atoms with Crippen molar-refractivity contribution in [3.05, 3.63) is 47.3 Å². The van der Waals surface area contributed by atoms with Crippen LogP contribution < -0.4 is 0 Å². The van der Waals surface area contributed by atoms with Crippen molar-refractivity contribution >= 4 is 11.6 Å². The van der Waals surface area contributed by atoms with E-state index in [9.17, 15) is 24.9 Å². The van der Waals surface area contributed by atoms with E-state index in [1.54, 1.807) is 6.92 Å². The smallest absolute Gasteiger partial charge is 0.269 e. The lowest BCUT2D eigenvalue weighted by atomic mass is 9.93. The van der Waals surface area contributed by atoms with E-state index in [4.69, 9.17) is 4.74 Å². The van der Waals surface area contributed by atoms with Crippen LogP contribution in [0.1, 0.15) is 80.1 Å². The number of ketones is 2. The molecular weight excluding hydrogens is 420 g/mol. The highest BCUT2D eigenvalue weighted by atomic mass is 16.6. The van der Waals surface area contributed by atoms with Gasteiger partial charge >= 0.3 is 0 Å². The van der Waals surface area contributed by atoms with Gasteiger partial charge in [-0.25, -0.2) is 0 Å². The number of hydrogen-bond donors (Lipinski definition) is 3. The fourth-order valence-electron chi connectivity index (χ4n) is 3.74. The van der Waals surface area contributed by atoms with E-state index in [2.05, 4.69) is 6.92 Å². The van der Waals surface area contributed by atoms with Crippen LogP contribution in [0.4, 0.5) is 0 Å². The van der Waals surface area contributed by atoms with Crippen LogP contribution in [-0.4, -0.2) is 44.9 Å². The SMILES string of the molecule is CCCCC(=O)[C@H](C)/C=C(\C)[C@H](O)[C@H](C)/C=C/C=C/CC[C@@H](O)CC1=C(C)C(=O)C(C)(O)O1. The molecule has 0 bridgehead atoms. The van der Waals surface area contributed by atoms with Crippen LogP contribution >= 0.6 is 0 Å². The summed E-state index contributed by atoms with van der Waals surface area (Å²) in [6.45, 7) is 10.6. The normalized spacial score (nSPS) is 23.3. The molecule has 1 unspecified atom stereocenters. The molecule has 0 saturated carbocycles. The molecule has 186 valence electrons. The average Bonchev–Trinajstić information content (AvgIpc) is 2.95. The molecule has 0 aromatic heterocycles. The van der Waals surface area contributed by atoms with Gasteiger partial charge in [0.1, 0.15) is 11.5 Å². The summed E-state index contributed by atoms with van der Waals surface area (Å²) in [6.07, 6.45) is 11.9. The van der Waals surface area contributed by atoms with E-state index in [-0.39, 0.29) is 24.0 Å². The highest BCUT2D eigenvalue weighted by Crippen LogP contribution is 2.31. The van der Waals surface area contributed by atoms with Gasteiger partial charge in [0, 0.05) is 37.2 Å². The lowest BCUT2D eigenvalue weighted by Crippen LogP contribution is -2.32. The number of Topliss-reactive ketones (excluding diaryl/α,β-unsaturated/α-hetero) is 2. The van der Waals surface area contributed by atoms with Crippen LogP contribution in [0.15, 0.2) is 47.3 Å². The number of aliphatic hydroxyl groups is 3. The zero-order valence-corrected chi connectivity index (χ0v) is 21.0. The topological polar surface area (TPSA) is 104 Å². The van der Waals surface area contributed by atoms with E-state index in [1.165, 1.54) is 6.92 Å². The third kappa shape index (κ3) is 9.40. The minimum Gasteiger partial charge on any atom is -0.459 e. The average molecular weight is 463 g/mol. The van der Waals surface area contributed by atoms with Crippen molar-refractivity contribution in [2.45, 2.75) is 98.1 Å². The maximum Gasteiger partial charge on any atom is 0.269 e. The Bertz CT molecular complexity index is 786. The third-order valence-electron chi connectivity index (χ3n) is 6.01. The van der Waals surface area contributed by atoms with Gasteiger partial charge in [-0.3, -0.25) is 9.59 Å². The summed E-state index contributed by atoms with van der Waals surface area (Å²) in [7, 11) is 0. The first-order valence-electron chi connectivity index (χ1n) is 12.0. The monoisotopic (exact) mass is 462 g/mol. The summed E-state index contributed by atoms with van der Waals surface area (Å²) in [5.74, 6) is -2.04. The highest BCUT2D eigenvalue weighted by molar-refractivity contribution is 6.02. The molecule has 0 saturated heterocycles. The van der Waals surface area contributed by atoms with Crippen molar-refractivity contribution in [3.8, 4) is 0 Å². The molecule has 1 aliphatic heterocycles. The van der Waals surface area contributed by atoms with E-state index < -0.39 is 23.8 Å². The molecule has 1 heterocycles. The van der Waals surface area contributed by atoms with Crippen molar-refractivity contribution < 1.29 is 29.6 Å². The third-order valence-corrected chi connectivity index (χ3v) is 6.01. The van der Waals surface area contributed by atoms with Gasteiger partial charge in [0.25, 0.3) is 5.79 Å². The maximum atomic E-state index is 12.1. The largest absolute Gasteiger partial charge is 0.459 e. The van der Waals surface area contributed by atoms with Crippen LogP contribution in [0.5, 0.6) is 0 Å². The van der Waals surface area contributed by atoms with E-state index in [0.29, 0.717) is 30.6 Å². The van der Waals surface area contributed by atoms with Crippen molar-refractivity contribution in [1.82, 2.24) is 0 Å². The van der Waals surface area contributed by atoms with Gasteiger partial charge in [0.2, 0.25) is 5.78 Å². The summed E-state index contributed by atoms with van der Waals surface area (Å²) in [5, 5.41) is 30.6. The number of aliphatic hydroxyl groups excluding tert-OH is 2. The first-order chi connectivity index (χ1) is 15.4. The molecule has 0 fully saturated rings. The summed E-state index contributed by atoms with van der Waals surface area (Å²) < 4.78 is 5.26. The molecule has 0 aromatic rings. The number of carbonyl (C=O) groups excluding carboxylic acids is 2.